The summed E-state index contributed by atoms with van der Waals surface area (Å²) in [5.41, 5.74) is 2.40. The molecule has 1 aliphatic rings. The van der Waals surface area contributed by atoms with E-state index < -0.39 is 10.0 Å². The van der Waals surface area contributed by atoms with Crippen LogP contribution in [0.15, 0.2) is 48.8 Å². The van der Waals surface area contributed by atoms with Crippen molar-refractivity contribution in [1.82, 2.24) is 9.88 Å². The topological polar surface area (TPSA) is 79.4 Å². The van der Waals surface area contributed by atoms with Crippen molar-refractivity contribution in [2.24, 2.45) is 5.92 Å². The molecule has 0 spiro atoms. The minimum absolute atomic E-state index is 0. The molecule has 0 amide bonds. The molecule has 9 heteroatoms. The number of aromatic nitrogens is 1. The van der Waals surface area contributed by atoms with Crippen LogP contribution in [0, 0.1) is 5.92 Å². The number of sulfonamides is 1. The van der Waals surface area contributed by atoms with Gasteiger partial charge in [0.25, 0.3) is 0 Å². The van der Waals surface area contributed by atoms with Gasteiger partial charge in [0.2, 0.25) is 10.0 Å². The number of nitrogens with zero attached hydrogens (tertiary/aromatic N) is 2. The first-order chi connectivity index (χ1) is 12.9. The maximum absolute atomic E-state index is 12.7. The molecular weight excluding hydrogens is 433 g/mol. The van der Waals surface area contributed by atoms with Crippen molar-refractivity contribution in [3.8, 4) is 0 Å². The highest BCUT2D eigenvalue weighted by Gasteiger charge is 2.25. The monoisotopic (exact) mass is 459 g/mol. The largest absolute Gasteiger partial charge is 0.303 e. The molecule has 1 aliphatic heterocycles. The minimum Gasteiger partial charge on any atom is -0.303 e. The second-order valence-electron chi connectivity index (χ2n) is 7.04. The van der Waals surface area contributed by atoms with Crippen molar-refractivity contribution in [1.29, 1.82) is 0 Å². The Morgan fingerprint density at radius 2 is 1.66 bits per heavy atom. The van der Waals surface area contributed by atoms with E-state index in [2.05, 4.69) is 14.6 Å². The van der Waals surface area contributed by atoms with E-state index >= 15 is 0 Å². The number of pyridine rings is 1. The Morgan fingerprint density at radius 1 is 1.07 bits per heavy atom. The Morgan fingerprint density at radius 3 is 2.21 bits per heavy atom. The number of nitrogens with one attached hydrogen (secondary N) is 1. The van der Waals surface area contributed by atoms with Gasteiger partial charge in [0.05, 0.1) is 6.26 Å². The van der Waals surface area contributed by atoms with Crippen LogP contribution in [0.4, 0.5) is 5.69 Å². The van der Waals surface area contributed by atoms with Crippen LogP contribution in [-0.2, 0) is 16.4 Å². The molecule has 0 atom stereocenters. The van der Waals surface area contributed by atoms with E-state index in [1.165, 1.54) is 5.56 Å². The van der Waals surface area contributed by atoms with Crippen molar-refractivity contribution in [2.75, 3.05) is 30.6 Å². The van der Waals surface area contributed by atoms with Crippen molar-refractivity contribution < 1.29 is 13.2 Å². The van der Waals surface area contributed by atoms with Gasteiger partial charge in [0.1, 0.15) is 0 Å². The van der Waals surface area contributed by atoms with Crippen molar-refractivity contribution >= 4 is 46.3 Å². The number of anilines is 1. The van der Waals surface area contributed by atoms with E-state index in [9.17, 15) is 13.2 Å². The molecule has 0 saturated carbocycles. The van der Waals surface area contributed by atoms with Crippen LogP contribution in [0.25, 0.3) is 0 Å². The van der Waals surface area contributed by atoms with Crippen LogP contribution in [0.1, 0.15) is 28.8 Å². The third-order valence-corrected chi connectivity index (χ3v) is 5.50. The number of carbonyl (C=O) groups is 1. The number of benzene rings is 1. The van der Waals surface area contributed by atoms with Gasteiger partial charge in [-0.25, -0.2) is 8.42 Å². The number of halogens is 2. The van der Waals surface area contributed by atoms with E-state index in [4.69, 9.17) is 0 Å². The summed E-state index contributed by atoms with van der Waals surface area (Å²) in [6.45, 7) is 2.85. The van der Waals surface area contributed by atoms with Crippen LogP contribution in [0.5, 0.6) is 0 Å². The van der Waals surface area contributed by atoms with Crippen LogP contribution in [0.2, 0.25) is 0 Å². The number of hydrogen-bond acceptors (Lipinski definition) is 5. The Hall–Kier alpha value is -1.67. The highest BCUT2D eigenvalue weighted by Crippen LogP contribution is 2.23. The summed E-state index contributed by atoms with van der Waals surface area (Å²) in [4.78, 5) is 19.2. The molecule has 1 N–H and O–H groups in total. The summed E-state index contributed by atoms with van der Waals surface area (Å²) in [6.07, 6.45) is 7.45. The molecule has 6 nitrogen and oxygen atoms in total. The van der Waals surface area contributed by atoms with Gasteiger partial charge in [-0.05, 0) is 74.3 Å². The van der Waals surface area contributed by atoms with Gasteiger partial charge in [-0.2, -0.15) is 0 Å². The Bertz CT molecular complexity index is 870. The molecule has 1 saturated heterocycles. The van der Waals surface area contributed by atoms with Gasteiger partial charge in [0, 0.05) is 36.1 Å². The second kappa shape index (κ2) is 11.5. The van der Waals surface area contributed by atoms with Crippen LogP contribution < -0.4 is 4.72 Å². The van der Waals surface area contributed by atoms with Gasteiger partial charge < -0.3 is 4.90 Å². The number of rotatable bonds is 7. The highest BCUT2D eigenvalue weighted by molar-refractivity contribution is 7.92. The fourth-order valence-corrected chi connectivity index (χ4v) is 3.97. The molecule has 3 rings (SSSR count). The lowest BCUT2D eigenvalue weighted by atomic mass is 9.88. The first kappa shape index (κ1) is 25.4. The lowest BCUT2D eigenvalue weighted by molar-refractivity contribution is 0.0841. The number of Topliss-reactive ketones (excluding diaryl/α,β-unsaturated/α-hetero) is 1. The first-order valence-electron chi connectivity index (χ1n) is 9.14. The zero-order valence-corrected chi connectivity index (χ0v) is 18.7. The van der Waals surface area contributed by atoms with Gasteiger partial charge in [0.15, 0.2) is 5.78 Å². The number of hydrogen-bond donors (Lipinski definition) is 1. The van der Waals surface area contributed by atoms with Crippen LogP contribution >= 0.6 is 24.8 Å². The van der Waals surface area contributed by atoms with E-state index in [-0.39, 0.29) is 36.5 Å². The fraction of sp³-hybridized carbons (Fsp3) is 0.400. The standard InChI is InChI=1S/C20H25N3O3S.2ClH/c1-27(25,26)22-19-4-2-17(3-5-19)20(24)18-9-14-23(15-10-18)13-8-16-6-11-21-12-7-16;;/h2-7,11-12,18,22H,8-10,13-15H2,1H3;2*1H. The van der Waals surface area contributed by atoms with Crippen molar-refractivity contribution in [3.05, 3.63) is 59.9 Å². The van der Waals surface area contributed by atoms with Gasteiger partial charge in [-0.1, -0.05) is 0 Å². The predicted molar refractivity (Wildman–Crippen MR) is 121 cm³/mol. The van der Waals surface area contributed by atoms with Crippen LogP contribution in [0.3, 0.4) is 0 Å². The molecule has 1 aromatic heterocycles. The smallest absolute Gasteiger partial charge is 0.229 e. The molecule has 0 aliphatic carbocycles. The summed E-state index contributed by atoms with van der Waals surface area (Å²) >= 11 is 0. The average molecular weight is 460 g/mol. The Labute approximate surface area is 185 Å². The summed E-state index contributed by atoms with van der Waals surface area (Å²) in [5, 5.41) is 0. The van der Waals surface area contributed by atoms with E-state index in [0.29, 0.717) is 11.3 Å². The second-order valence-corrected chi connectivity index (χ2v) is 8.79. The maximum atomic E-state index is 12.7. The van der Waals surface area contributed by atoms with Crippen LogP contribution in [-0.4, -0.2) is 50.0 Å². The van der Waals surface area contributed by atoms with Gasteiger partial charge in [-0.15, -0.1) is 24.8 Å². The molecule has 2 aromatic rings. The van der Waals surface area contributed by atoms with Gasteiger partial charge in [-0.3, -0.25) is 14.5 Å². The molecule has 2 heterocycles. The molecule has 160 valence electrons. The summed E-state index contributed by atoms with van der Waals surface area (Å²) in [6, 6.07) is 10.8. The third kappa shape index (κ3) is 7.93. The van der Waals surface area contributed by atoms with Gasteiger partial charge >= 0.3 is 0 Å². The molecule has 29 heavy (non-hydrogen) atoms. The zero-order chi connectivity index (χ0) is 19.3. The average Bonchev–Trinajstić information content (AvgIpc) is 2.66. The quantitative estimate of drug-likeness (QED) is 0.641. The Balaban J connectivity index is 0.00000210. The summed E-state index contributed by atoms with van der Waals surface area (Å²) < 4.78 is 24.9. The summed E-state index contributed by atoms with van der Waals surface area (Å²) in [7, 11) is -3.31. The first-order valence-corrected chi connectivity index (χ1v) is 11.0. The van der Waals surface area contributed by atoms with E-state index in [1.807, 2.05) is 24.5 Å². The molecule has 0 radical (unpaired) electrons. The number of ketones is 1. The molecule has 0 unspecified atom stereocenters. The number of piperidine rings is 1. The lowest BCUT2D eigenvalue weighted by Crippen LogP contribution is -2.37. The number of carbonyl (C=O) groups excluding carboxylic acids is 1. The van der Waals surface area contributed by atoms with E-state index in [1.54, 1.807) is 24.3 Å². The lowest BCUT2D eigenvalue weighted by Gasteiger charge is -2.31. The van der Waals surface area contributed by atoms with Crippen molar-refractivity contribution in [2.45, 2.75) is 19.3 Å². The number of likely N-dealkylation sites (tertiary alicyclic amines) is 1. The predicted octanol–water partition coefficient (Wildman–Crippen LogP) is 3.43. The highest BCUT2D eigenvalue weighted by atomic mass is 35.5. The molecule has 1 aromatic carbocycles. The molecule has 0 bridgehead atoms. The zero-order valence-electron chi connectivity index (χ0n) is 16.3. The molecule has 1 fully saturated rings. The van der Waals surface area contributed by atoms with Crippen molar-refractivity contribution in [3.63, 3.8) is 0 Å². The minimum atomic E-state index is -3.31. The Kier molecular flexibility index (Phi) is 10.1. The van der Waals surface area contributed by atoms with E-state index in [0.717, 1.165) is 45.2 Å². The SMILES string of the molecule is CS(=O)(=O)Nc1ccc(C(=O)C2CCN(CCc3ccncc3)CC2)cc1.Cl.Cl. The fourth-order valence-electron chi connectivity index (χ4n) is 3.41. The maximum Gasteiger partial charge on any atom is 0.229 e. The summed E-state index contributed by atoms with van der Waals surface area (Å²) in [5.74, 6) is 0.186. The molecular formula is C20H27Cl2N3O3S. The third-order valence-electron chi connectivity index (χ3n) is 4.90. The normalized spacial score (nSPS) is 15.1.